The molecular weight excluding hydrogens is 550 g/mol. The van der Waals surface area contributed by atoms with Gasteiger partial charge in [0.1, 0.15) is 0 Å². The van der Waals surface area contributed by atoms with Crippen LogP contribution in [0.3, 0.4) is 0 Å². The molecule has 4 unspecified atom stereocenters. The first-order chi connectivity index (χ1) is 15.8. The lowest BCUT2D eigenvalue weighted by Crippen LogP contribution is -2.75. The predicted molar refractivity (Wildman–Crippen MR) is 87.2 cm³/mol. The number of rotatable bonds is 10. The maximum absolute atomic E-state index is 14.0. The van der Waals surface area contributed by atoms with Crippen molar-refractivity contribution in [3.8, 4) is 0 Å². The summed E-state index contributed by atoms with van der Waals surface area (Å²) >= 11 is 0. The number of fused-ring (bicyclic) bond motifs is 2. The molecule has 2 saturated carbocycles. The quantitative estimate of drug-likeness (QED) is 0.295. The number of alkyl halides is 16. The number of amides is 1. The lowest BCUT2D eigenvalue weighted by molar-refractivity contribution is -0.443. The van der Waals surface area contributed by atoms with Gasteiger partial charge < -0.3 is 5.32 Å². The van der Waals surface area contributed by atoms with Gasteiger partial charge in [-0.3, -0.25) is 4.79 Å². The van der Waals surface area contributed by atoms with Gasteiger partial charge in [0.25, 0.3) is 5.91 Å². The monoisotopic (exact) mass is 567 g/mol. The van der Waals surface area contributed by atoms with E-state index >= 15 is 0 Å². The average Bonchev–Trinajstić information content (AvgIpc) is 3.36. The molecule has 0 saturated heterocycles. The van der Waals surface area contributed by atoms with Gasteiger partial charge in [-0.1, -0.05) is 6.42 Å². The third kappa shape index (κ3) is 3.98. The summed E-state index contributed by atoms with van der Waals surface area (Å²) in [5.74, 6) is -59.9. The fourth-order valence-corrected chi connectivity index (χ4v) is 4.59. The maximum Gasteiger partial charge on any atom is 0.392 e. The first-order valence-electron chi connectivity index (χ1n) is 10.1. The summed E-state index contributed by atoms with van der Waals surface area (Å²) in [6.07, 6.45) is -3.78. The van der Waals surface area contributed by atoms with Gasteiger partial charge in [-0.25, -0.2) is 8.78 Å². The van der Waals surface area contributed by atoms with E-state index in [1.54, 1.807) is 0 Å². The standard InChI is InChI=1S/C18H17F16NO/c1-6(9-5-7-2-3-8(9)4-7)35-11(36)13(23,24)15(27,28)17(31,32)18(33,34)16(29,30)14(25,26)12(21,22)10(19)20/h6-10H,2-5H2,1H3,(H,35,36). The molecule has 4 atom stereocenters. The second-order valence-electron chi connectivity index (χ2n) is 8.97. The summed E-state index contributed by atoms with van der Waals surface area (Å²) in [5.41, 5.74) is 0. The lowest BCUT2D eigenvalue weighted by atomic mass is 9.83. The molecule has 2 fully saturated rings. The molecule has 0 radical (unpaired) electrons. The molecular formula is C18H17F16NO. The highest BCUT2D eigenvalue weighted by Crippen LogP contribution is 2.62. The van der Waals surface area contributed by atoms with Crippen LogP contribution in [0.5, 0.6) is 0 Å². The molecule has 36 heavy (non-hydrogen) atoms. The van der Waals surface area contributed by atoms with Gasteiger partial charge in [0.2, 0.25) is 0 Å². The molecule has 18 heteroatoms. The van der Waals surface area contributed by atoms with E-state index < -0.39 is 65.8 Å². The molecule has 1 N–H and O–H groups in total. The van der Waals surface area contributed by atoms with Crippen LogP contribution in [0.4, 0.5) is 70.2 Å². The van der Waals surface area contributed by atoms with Crippen LogP contribution < -0.4 is 5.32 Å². The Morgan fingerprint density at radius 2 is 1.14 bits per heavy atom. The Balaban J connectivity index is 2.39. The van der Waals surface area contributed by atoms with Gasteiger partial charge >= 0.3 is 47.9 Å². The second-order valence-corrected chi connectivity index (χ2v) is 8.97. The predicted octanol–water partition coefficient (Wildman–Crippen LogP) is 6.64. The van der Waals surface area contributed by atoms with Gasteiger partial charge in [0, 0.05) is 6.04 Å². The van der Waals surface area contributed by atoms with Crippen LogP contribution in [0.25, 0.3) is 0 Å². The van der Waals surface area contributed by atoms with Crippen molar-refractivity contribution in [3.63, 3.8) is 0 Å². The highest BCUT2D eigenvalue weighted by molar-refractivity contribution is 5.85. The summed E-state index contributed by atoms with van der Waals surface area (Å²) in [6, 6.07) is -1.43. The molecule has 0 aromatic heterocycles. The van der Waals surface area contributed by atoms with Gasteiger partial charge in [-0.05, 0) is 43.9 Å². The molecule has 2 nitrogen and oxygen atoms in total. The van der Waals surface area contributed by atoms with Crippen LogP contribution in [0.2, 0.25) is 0 Å². The van der Waals surface area contributed by atoms with Crippen molar-refractivity contribution in [2.24, 2.45) is 17.8 Å². The van der Waals surface area contributed by atoms with Crippen LogP contribution in [-0.4, -0.2) is 59.8 Å². The maximum atomic E-state index is 14.0. The first-order valence-corrected chi connectivity index (χ1v) is 10.1. The van der Waals surface area contributed by atoms with Crippen molar-refractivity contribution in [1.82, 2.24) is 5.32 Å². The molecule has 2 rings (SSSR count). The van der Waals surface area contributed by atoms with Crippen molar-refractivity contribution in [1.29, 1.82) is 0 Å². The van der Waals surface area contributed by atoms with Crippen LogP contribution in [0, 0.1) is 17.8 Å². The number of halogens is 16. The Labute approximate surface area is 191 Å². The van der Waals surface area contributed by atoms with E-state index in [9.17, 15) is 75.0 Å². The zero-order chi connectivity index (χ0) is 28.5. The molecule has 0 spiro atoms. The Morgan fingerprint density at radius 3 is 1.53 bits per heavy atom. The second kappa shape index (κ2) is 8.70. The summed E-state index contributed by atoms with van der Waals surface area (Å²) in [5, 5.41) is 1.18. The zero-order valence-electron chi connectivity index (χ0n) is 17.7. The summed E-state index contributed by atoms with van der Waals surface area (Å²) in [6.45, 7) is 0.978. The van der Waals surface area contributed by atoms with Gasteiger partial charge in [-0.2, -0.15) is 61.5 Å². The molecule has 1 amide bonds. The third-order valence-electron chi connectivity index (χ3n) is 6.74. The van der Waals surface area contributed by atoms with E-state index in [0.29, 0.717) is 19.3 Å². The van der Waals surface area contributed by atoms with Gasteiger partial charge in [0.15, 0.2) is 0 Å². The molecule has 2 aliphatic carbocycles. The van der Waals surface area contributed by atoms with Crippen molar-refractivity contribution in [3.05, 3.63) is 0 Å². The van der Waals surface area contributed by atoms with Crippen LogP contribution in [-0.2, 0) is 4.79 Å². The fraction of sp³-hybridized carbons (Fsp3) is 0.944. The van der Waals surface area contributed by atoms with E-state index in [4.69, 9.17) is 0 Å². The molecule has 0 aliphatic heterocycles. The molecule has 2 bridgehead atoms. The fourth-order valence-electron chi connectivity index (χ4n) is 4.59. The molecule has 212 valence electrons. The minimum Gasteiger partial charge on any atom is -0.348 e. The Bertz CT molecular complexity index is 841. The van der Waals surface area contributed by atoms with Crippen molar-refractivity contribution in [2.45, 2.75) is 86.5 Å². The average molecular weight is 567 g/mol. The van der Waals surface area contributed by atoms with Gasteiger partial charge in [-0.15, -0.1) is 0 Å². The van der Waals surface area contributed by atoms with E-state index in [2.05, 4.69) is 0 Å². The lowest BCUT2D eigenvalue weighted by Gasteiger charge is -2.42. The highest BCUT2D eigenvalue weighted by Gasteiger charge is 2.94. The number of carbonyl (C=O) groups excluding carboxylic acids is 1. The summed E-state index contributed by atoms with van der Waals surface area (Å²) in [4.78, 5) is 11.7. The van der Waals surface area contributed by atoms with E-state index in [0.717, 1.165) is 13.3 Å². The molecule has 0 aromatic rings. The third-order valence-corrected chi connectivity index (χ3v) is 6.74. The van der Waals surface area contributed by atoms with Crippen LogP contribution >= 0.6 is 0 Å². The van der Waals surface area contributed by atoms with Gasteiger partial charge in [0.05, 0.1) is 0 Å². The van der Waals surface area contributed by atoms with E-state index in [-0.39, 0.29) is 11.8 Å². The van der Waals surface area contributed by atoms with E-state index in [1.807, 2.05) is 0 Å². The van der Waals surface area contributed by atoms with Crippen molar-refractivity contribution >= 4 is 5.91 Å². The topological polar surface area (TPSA) is 29.1 Å². The number of hydrogen-bond acceptors (Lipinski definition) is 1. The number of hydrogen-bond donors (Lipinski definition) is 1. The number of carbonyl (C=O) groups is 1. The zero-order valence-corrected chi connectivity index (χ0v) is 17.7. The van der Waals surface area contributed by atoms with E-state index in [1.165, 1.54) is 5.32 Å². The van der Waals surface area contributed by atoms with Crippen molar-refractivity contribution < 1.29 is 75.0 Å². The minimum atomic E-state index is -8.51. The highest BCUT2D eigenvalue weighted by atomic mass is 19.4. The molecule has 0 aromatic carbocycles. The molecule has 0 heterocycles. The smallest absolute Gasteiger partial charge is 0.348 e. The van der Waals surface area contributed by atoms with Crippen LogP contribution in [0.1, 0.15) is 32.6 Å². The molecule has 2 aliphatic rings. The summed E-state index contributed by atoms with van der Waals surface area (Å²) in [7, 11) is 0. The minimum absolute atomic E-state index is 0.0830. The normalized spacial score (nSPS) is 25.4. The SMILES string of the molecule is CC(NC(=O)C(F)(F)C(F)(F)C(F)(F)C(F)(F)C(F)(F)C(F)(F)C(F)(F)C(F)F)C1CC2CCC1C2. The first kappa shape index (κ1) is 30.6. The Hall–Kier alpha value is -1.65. The largest absolute Gasteiger partial charge is 0.392 e. The van der Waals surface area contributed by atoms with Crippen LogP contribution in [0.15, 0.2) is 0 Å². The Morgan fingerprint density at radius 1 is 0.694 bits per heavy atom. The number of nitrogens with one attached hydrogen (secondary N) is 1. The van der Waals surface area contributed by atoms with Crippen molar-refractivity contribution in [2.75, 3.05) is 0 Å². The summed E-state index contributed by atoms with van der Waals surface area (Å²) < 4.78 is 214. The Kier molecular flexibility index (Phi) is 7.39.